The van der Waals surface area contributed by atoms with Crippen molar-refractivity contribution in [2.45, 2.75) is 26.2 Å². The van der Waals surface area contributed by atoms with E-state index in [0.29, 0.717) is 5.88 Å². The number of alkyl halides is 1. The molecule has 1 aromatic rings. The fourth-order valence-electron chi connectivity index (χ4n) is 1.41. The molecule has 0 spiro atoms. The first-order valence-electron chi connectivity index (χ1n) is 5.59. The number of allylic oxidation sites excluding steroid dienone is 1. The predicted octanol–water partition coefficient (Wildman–Crippen LogP) is 4.19. The van der Waals surface area contributed by atoms with Crippen LogP contribution in [0.5, 0.6) is 0 Å². The summed E-state index contributed by atoms with van der Waals surface area (Å²) < 4.78 is 0. The van der Waals surface area contributed by atoms with E-state index in [2.05, 4.69) is 50.4 Å². The van der Waals surface area contributed by atoms with Gasteiger partial charge in [-0.2, -0.15) is 0 Å². The van der Waals surface area contributed by atoms with Crippen LogP contribution in [0.15, 0.2) is 36.4 Å². The largest absolute Gasteiger partial charge is 0.382 e. The lowest BCUT2D eigenvalue weighted by molar-refractivity contribution is 0.590. The highest BCUT2D eigenvalue weighted by molar-refractivity contribution is 6.18. The minimum absolute atomic E-state index is 0.219. The van der Waals surface area contributed by atoms with E-state index >= 15 is 0 Å². The summed E-state index contributed by atoms with van der Waals surface area (Å²) in [6, 6.07) is 8.59. The van der Waals surface area contributed by atoms with Gasteiger partial charge in [-0.15, -0.1) is 11.6 Å². The average Bonchev–Trinajstić information content (AvgIpc) is 2.24. The van der Waals surface area contributed by atoms with Crippen LogP contribution in [0, 0.1) is 0 Å². The number of hydrogen-bond donors (Lipinski definition) is 1. The molecule has 2 heteroatoms. The molecule has 0 radical (unpaired) electrons. The van der Waals surface area contributed by atoms with Gasteiger partial charge in [-0.25, -0.2) is 0 Å². The third-order valence-electron chi connectivity index (χ3n) is 2.43. The number of benzene rings is 1. The van der Waals surface area contributed by atoms with E-state index in [1.54, 1.807) is 0 Å². The first-order valence-corrected chi connectivity index (χ1v) is 6.13. The number of hydrogen-bond acceptors (Lipinski definition) is 1. The maximum atomic E-state index is 5.54. The number of rotatable bonds is 4. The van der Waals surface area contributed by atoms with Crippen LogP contribution in [0.25, 0.3) is 0 Å². The van der Waals surface area contributed by atoms with Crippen LogP contribution in [0.3, 0.4) is 0 Å². The Bertz CT molecular complexity index is 333. The van der Waals surface area contributed by atoms with Crippen molar-refractivity contribution in [1.82, 2.24) is 0 Å². The second-order valence-electron chi connectivity index (χ2n) is 4.83. The third kappa shape index (κ3) is 4.28. The summed E-state index contributed by atoms with van der Waals surface area (Å²) in [6.45, 7) is 7.48. The maximum absolute atomic E-state index is 5.54. The predicted molar refractivity (Wildman–Crippen MR) is 73.5 cm³/mol. The summed E-state index contributed by atoms with van der Waals surface area (Å²) in [5.74, 6) is 0.574. The number of nitrogens with one attached hydrogen (secondary N) is 1. The molecule has 0 unspecified atom stereocenters. The fraction of sp³-hybridized carbons (Fsp3) is 0.429. The zero-order valence-corrected chi connectivity index (χ0v) is 11.0. The topological polar surface area (TPSA) is 12.0 Å². The van der Waals surface area contributed by atoms with E-state index in [1.807, 2.05) is 12.2 Å². The highest BCUT2D eigenvalue weighted by atomic mass is 35.5. The van der Waals surface area contributed by atoms with Crippen LogP contribution >= 0.6 is 11.6 Å². The zero-order chi connectivity index (χ0) is 12.0. The molecule has 88 valence electrons. The van der Waals surface area contributed by atoms with Crippen LogP contribution in [-0.2, 0) is 5.41 Å². The Morgan fingerprint density at radius 2 is 1.75 bits per heavy atom. The van der Waals surface area contributed by atoms with Gasteiger partial charge < -0.3 is 5.32 Å². The quantitative estimate of drug-likeness (QED) is 0.612. The Morgan fingerprint density at radius 3 is 2.25 bits per heavy atom. The van der Waals surface area contributed by atoms with E-state index in [4.69, 9.17) is 11.6 Å². The molecular weight excluding hydrogens is 218 g/mol. The molecular formula is C14H20ClN. The van der Waals surface area contributed by atoms with Gasteiger partial charge in [-0.05, 0) is 23.1 Å². The monoisotopic (exact) mass is 237 g/mol. The number of anilines is 1. The first kappa shape index (κ1) is 13.1. The average molecular weight is 238 g/mol. The molecule has 16 heavy (non-hydrogen) atoms. The minimum atomic E-state index is 0.219. The molecule has 0 saturated heterocycles. The molecule has 1 aromatic carbocycles. The molecule has 1 N–H and O–H groups in total. The van der Waals surface area contributed by atoms with Gasteiger partial charge in [0.05, 0.1) is 0 Å². The normalized spacial score (nSPS) is 12.0. The van der Waals surface area contributed by atoms with Crippen LogP contribution in [0.2, 0.25) is 0 Å². The molecule has 0 saturated carbocycles. The fourth-order valence-corrected chi connectivity index (χ4v) is 1.54. The van der Waals surface area contributed by atoms with Crippen LogP contribution in [-0.4, -0.2) is 12.4 Å². The molecule has 0 bridgehead atoms. The second-order valence-corrected chi connectivity index (χ2v) is 5.14. The Morgan fingerprint density at radius 1 is 1.12 bits per heavy atom. The molecule has 0 aromatic heterocycles. The van der Waals surface area contributed by atoms with Crippen molar-refractivity contribution in [3.63, 3.8) is 0 Å². The smallest absolute Gasteiger partial charge is 0.0404 e. The van der Waals surface area contributed by atoms with Gasteiger partial charge in [-0.1, -0.05) is 45.1 Å². The molecule has 1 rings (SSSR count). The van der Waals surface area contributed by atoms with Crippen molar-refractivity contribution in [2.24, 2.45) is 0 Å². The second kappa shape index (κ2) is 5.95. The summed E-state index contributed by atoms with van der Waals surface area (Å²) in [4.78, 5) is 0. The summed E-state index contributed by atoms with van der Waals surface area (Å²) in [6.07, 6.45) is 3.97. The van der Waals surface area contributed by atoms with Gasteiger partial charge in [0.2, 0.25) is 0 Å². The van der Waals surface area contributed by atoms with Crippen LogP contribution in [0.1, 0.15) is 26.3 Å². The Balaban J connectivity index is 2.55. The highest BCUT2D eigenvalue weighted by Gasteiger charge is 2.12. The molecule has 1 nitrogen and oxygen atoms in total. The standard InChI is InChI=1S/C14H20ClN/c1-14(2,3)12-6-8-13(9-7-12)16-11-5-4-10-15/h4-9,16H,10-11H2,1-3H3/b5-4+. The summed E-state index contributed by atoms with van der Waals surface area (Å²) in [5.41, 5.74) is 2.72. The highest BCUT2D eigenvalue weighted by Crippen LogP contribution is 2.23. The Kier molecular flexibility index (Phi) is 4.88. The lowest BCUT2D eigenvalue weighted by Gasteiger charge is -2.19. The summed E-state index contributed by atoms with van der Waals surface area (Å²) in [7, 11) is 0. The summed E-state index contributed by atoms with van der Waals surface area (Å²) in [5, 5.41) is 3.31. The zero-order valence-electron chi connectivity index (χ0n) is 10.3. The van der Waals surface area contributed by atoms with E-state index in [1.165, 1.54) is 5.56 Å². The van der Waals surface area contributed by atoms with Crippen molar-refractivity contribution in [2.75, 3.05) is 17.7 Å². The molecule has 0 aliphatic heterocycles. The lowest BCUT2D eigenvalue weighted by Crippen LogP contribution is -2.10. The van der Waals surface area contributed by atoms with Crippen LogP contribution in [0.4, 0.5) is 5.69 Å². The molecule has 0 aliphatic rings. The van der Waals surface area contributed by atoms with Crippen molar-refractivity contribution >= 4 is 17.3 Å². The van der Waals surface area contributed by atoms with E-state index in [9.17, 15) is 0 Å². The van der Waals surface area contributed by atoms with Crippen molar-refractivity contribution in [1.29, 1.82) is 0 Å². The van der Waals surface area contributed by atoms with Gasteiger partial charge in [0.15, 0.2) is 0 Å². The number of halogens is 1. The van der Waals surface area contributed by atoms with Gasteiger partial charge in [0.1, 0.15) is 0 Å². The summed E-state index contributed by atoms with van der Waals surface area (Å²) >= 11 is 5.54. The molecule has 0 atom stereocenters. The minimum Gasteiger partial charge on any atom is -0.382 e. The first-order chi connectivity index (χ1) is 7.54. The van der Waals surface area contributed by atoms with E-state index in [-0.39, 0.29) is 5.41 Å². The van der Waals surface area contributed by atoms with Gasteiger partial charge in [0, 0.05) is 18.1 Å². The maximum Gasteiger partial charge on any atom is 0.0404 e. The van der Waals surface area contributed by atoms with E-state index < -0.39 is 0 Å². The Hall–Kier alpha value is -0.950. The molecule has 0 heterocycles. The molecule has 0 aliphatic carbocycles. The van der Waals surface area contributed by atoms with Crippen molar-refractivity contribution < 1.29 is 0 Å². The van der Waals surface area contributed by atoms with Gasteiger partial charge in [0.25, 0.3) is 0 Å². The molecule has 0 fully saturated rings. The molecule has 0 amide bonds. The van der Waals surface area contributed by atoms with Crippen molar-refractivity contribution in [3.8, 4) is 0 Å². The lowest BCUT2D eigenvalue weighted by atomic mass is 9.87. The van der Waals surface area contributed by atoms with Gasteiger partial charge >= 0.3 is 0 Å². The van der Waals surface area contributed by atoms with Crippen LogP contribution < -0.4 is 5.32 Å². The third-order valence-corrected chi connectivity index (χ3v) is 2.61. The Labute approximate surface area is 104 Å². The van der Waals surface area contributed by atoms with Gasteiger partial charge in [-0.3, -0.25) is 0 Å². The SMILES string of the molecule is CC(C)(C)c1ccc(NC/C=C/CCl)cc1. The van der Waals surface area contributed by atoms with Crippen molar-refractivity contribution in [3.05, 3.63) is 42.0 Å². The van der Waals surface area contributed by atoms with E-state index in [0.717, 1.165) is 12.2 Å².